The Bertz CT molecular complexity index is 1400. The first-order valence-electron chi connectivity index (χ1n) is 11.9. The molecule has 0 unspecified atom stereocenters. The smallest absolute Gasteiger partial charge is 0.346 e. The minimum Gasteiger partial charge on any atom is -0.497 e. The van der Waals surface area contributed by atoms with Crippen molar-refractivity contribution in [3.05, 3.63) is 76.8 Å². The molecule has 1 N–H and O–H groups in total. The van der Waals surface area contributed by atoms with Gasteiger partial charge in [-0.3, -0.25) is 19.3 Å². The van der Waals surface area contributed by atoms with E-state index in [0.29, 0.717) is 16.9 Å². The topological polar surface area (TPSA) is 137 Å². The van der Waals surface area contributed by atoms with Crippen LogP contribution in [-0.2, 0) is 23.8 Å². The number of hydrogen-bond donors (Lipinski definition) is 1. The fourth-order valence-electron chi connectivity index (χ4n) is 4.16. The average Bonchev–Trinajstić information content (AvgIpc) is 3.22. The van der Waals surface area contributed by atoms with Gasteiger partial charge >= 0.3 is 17.6 Å². The van der Waals surface area contributed by atoms with E-state index in [1.54, 1.807) is 48.5 Å². The Morgan fingerprint density at radius 1 is 1.05 bits per heavy atom. The normalized spacial score (nSPS) is 20.2. The number of alkyl halides is 1. The number of anilines is 1. The number of carbonyl (C=O) groups excluding carboxylic acids is 3. The molecule has 2 aromatic carbocycles. The number of carbonyl (C=O) groups is 3. The lowest BCUT2D eigenvalue weighted by Gasteiger charge is -2.32. The van der Waals surface area contributed by atoms with Crippen LogP contribution in [0.5, 0.6) is 5.75 Å². The van der Waals surface area contributed by atoms with E-state index < -0.39 is 46.8 Å². The van der Waals surface area contributed by atoms with Crippen molar-refractivity contribution in [1.82, 2.24) is 9.97 Å². The second kappa shape index (κ2) is 12.2. The first kappa shape index (κ1) is 28.0. The van der Waals surface area contributed by atoms with Gasteiger partial charge in [-0.05, 0) is 29.8 Å². The number of aromatic amines is 1. The van der Waals surface area contributed by atoms with E-state index in [9.17, 15) is 19.2 Å². The van der Waals surface area contributed by atoms with Crippen LogP contribution in [0.1, 0.15) is 24.2 Å². The SMILES string of the molecule is COc1ccc(C(=O)N(c2nc(=O)[nH]cc2-c2ccccc2)[C@@H]2O[C@H](COC(C)=O)[C@H](Br)[C@H]2OC(C)=O)cc1. The van der Waals surface area contributed by atoms with Crippen LogP contribution >= 0.6 is 15.9 Å². The van der Waals surface area contributed by atoms with Crippen molar-refractivity contribution in [3.8, 4) is 16.9 Å². The molecule has 1 fully saturated rings. The second-order valence-electron chi connectivity index (χ2n) is 8.60. The second-order valence-corrected chi connectivity index (χ2v) is 9.66. The zero-order valence-electron chi connectivity index (χ0n) is 21.3. The third-order valence-electron chi connectivity index (χ3n) is 5.93. The summed E-state index contributed by atoms with van der Waals surface area (Å²) in [7, 11) is 1.50. The molecule has 204 valence electrons. The number of nitrogens with zero attached hydrogens (tertiary/aromatic N) is 2. The highest BCUT2D eigenvalue weighted by atomic mass is 79.9. The van der Waals surface area contributed by atoms with E-state index in [-0.39, 0.29) is 18.0 Å². The van der Waals surface area contributed by atoms with Gasteiger partial charge in [0.05, 0.1) is 11.9 Å². The molecule has 11 nitrogen and oxygen atoms in total. The Kier molecular flexibility index (Phi) is 8.77. The number of hydrogen-bond acceptors (Lipinski definition) is 9. The van der Waals surface area contributed by atoms with E-state index in [1.165, 1.54) is 32.1 Å². The molecule has 1 aliphatic rings. The Balaban J connectivity index is 1.88. The molecule has 4 rings (SSSR count). The van der Waals surface area contributed by atoms with Crippen molar-refractivity contribution in [2.24, 2.45) is 0 Å². The summed E-state index contributed by atoms with van der Waals surface area (Å²) in [5, 5.41) is 0. The monoisotopic (exact) mass is 599 g/mol. The largest absolute Gasteiger partial charge is 0.497 e. The van der Waals surface area contributed by atoms with Gasteiger partial charge in [0.25, 0.3) is 5.91 Å². The number of H-pyrrole nitrogens is 1. The molecule has 0 bridgehead atoms. The highest BCUT2D eigenvalue weighted by Crippen LogP contribution is 2.38. The van der Waals surface area contributed by atoms with Crippen molar-refractivity contribution in [1.29, 1.82) is 0 Å². The number of nitrogens with one attached hydrogen (secondary N) is 1. The van der Waals surface area contributed by atoms with Gasteiger partial charge in [0, 0.05) is 31.2 Å². The molecule has 3 aromatic rings. The van der Waals surface area contributed by atoms with Crippen molar-refractivity contribution in [3.63, 3.8) is 0 Å². The van der Waals surface area contributed by atoms with Crippen LogP contribution in [0.25, 0.3) is 11.1 Å². The zero-order chi connectivity index (χ0) is 28.1. The number of rotatable bonds is 8. The molecule has 0 spiro atoms. The molecule has 1 aromatic heterocycles. The highest BCUT2D eigenvalue weighted by molar-refractivity contribution is 9.09. The lowest BCUT2D eigenvalue weighted by atomic mass is 10.1. The van der Waals surface area contributed by atoms with Gasteiger partial charge in [-0.1, -0.05) is 46.3 Å². The summed E-state index contributed by atoms with van der Waals surface area (Å²) >= 11 is 3.50. The molecule has 0 saturated carbocycles. The molecule has 1 saturated heterocycles. The lowest BCUT2D eigenvalue weighted by molar-refractivity contribution is -0.148. The van der Waals surface area contributed by atoms with Crippen LogP contribution in [0.2, 0.25) is 0 Å². The third-order valence-corrected chi connectivity index (χ3v) is 7.04. The standard InChI is InChI=1S/C27H26BrN3O8/c1-15(32)37-14-21-22(28)23(38-16(2)33)26(39-21)31(25(34)18-9-11-19(36-3)12-10-18)24-20(13-29-27(35)30-24)17-7-5-4-6-8-17/h4-13,21-23,26H,14H2,1-3H3,(H,29,30,35)/t21-,22+,23-,26-/m1/s1. The summed E-state index contributed by atoms with van der Waals surface area (Å²) in [5.74, 6) is -1.21. The van der Waals surface area contributed by atoms with Crippen molar-refractivity contribution in [2.45, 2.75) is 37.1 Å². The fourth-order valence-corrected chi connectivity index (χ4v) is 4.81. The Morgan fingerprint density at radius 2 is 1.74 bits per heavy atom. The summed E-state index contributed by atoms with van der Waals surface area (Å²) in [6.07, 6.45) is -1.64. The highest BCUT2D eigenvalue weighted by Gasteiger charge is 2.51. The predicted molar refractivity (Wildman–Crippen MR) is 144 cm³/mol. The summed E-state index contributed by atoms with van der Waals surface area (Å²) in [5.41, 5.74) is 0.622. The molecule has 1 aliphatic heterocycles. The van der Waals surface area contributed by atoms with Crippen LogP contribution in [0.4, 0.5) is 5.82 Å². The van der Waals surface area contributed by atoms with Gasteiger partial charge in [-0.15, -0.1) is 0 Å². The number of halogens is 1. The number of aromatic nitrogens is 2. The third kappa shape index (κ3) is 6.35. The summed E-state index contributed by atoms with van der Waals surface area (Å²) in [4.78, 5) is 57.5. The van der Waals surface area contributed by atoms with Gasteiger partial charge in [-0.25, -0.2) is 4.79 Å². The minimum atomic E-state index is -1.25. The quantitative estimate of drug-likeness (QED) is 0.306. The molecule has 2 heterocycles. The number of amides is 1. The van der Waals surface area contributed by atoms with Gasteiger partial charge in [0.15, 0.2) is 18.1 Å². The molecule has 39 heavy (non-hydrogen) atoms. The minimum absolute atomic E-state index is 0.0132. The molecule has 0 aliphatic carbocycles. The maximum atomic E-state index is 14.1. The van der Waals surface area contributed by atoms with Crippen molar-refractivity contribution in [2.75, 3.05) is 18.6 Å². The van der Waals surface area contributed by atoms with Crippen molar-refractivity contribution < 1.29 is 33.3 Å². The van der Waals surface area contributed by atoms with E-state index in [0.717, 1.165) is 0 Å². The van der Waals surface area contributed by atoms with Gasteiger partial charge in [0.2, 0.25) is 0 Å². The first-order chi connectivity index (χ1) is 18.7. The molecular weight excluding hydrogens is 574 g/mol. The summed E-state index contributed by atoms with van der Waals surface area (Å²) < 4.78 is 22.1. The number of benzene rings is 2. The molecule has 0 radical (unpaired) electrons. The Hall–Kier alpha value is -4.03. The predicted octanol–water partition coefficient (Wildman–Crippen LogP) is 3.08. The maximum absolute atomic E-state index is 14.1. The Morgan fingerprint density at radius 3 is 2.36 bits per heavy atom. The van der Waals surface area contributed by atoms with E-state index in [2.05, 4.69) is 25.9 Å². The maximum Gasteiger partial charge on any atom is 0.346 e. The van der Waals surface area contributed by atoms with Crippen LogP contribution in [-0.4, -0.2) is 64.8 Å². The zero-order valence-corrected chi connectivity index (χ0v) is 22.9. The molecule has 4 atom stereocenters. The van der Waals surface area contributed by atoms with Crippen molar-refractivity contribution >= 4 is 39.6 Å². The van der Waals surface area contributed by atoms with Crippen LogP contribution in [0, 0.1) is 0 Å². The first-order valence-corrected chi connectivity index (χ1v) is 12.8. The van der Waals surface area contributed by atoms with Crippen LogP contribution in [0.3, 0.4) is 0 Å². The number of methoxy groups -OCH3 is 1. The lowest BCUT2D eigenvalue weighted by Crippen LogP contribution is -2.49. The fraction of sp³-hybridized carbons (Fsp3) is 0.296. The molecule has 1 amide bonds. The number of esters is 2. The van der Waals surface area contributed by atoms with E-state index in [4.69, 9.17) is 18.9 Å². The van der Waals surface area contributed by atoms with Crippen LogP contribution in [0.15, 0.2) is 65.6 Å². The van der Waals surface area contributed by atoms with Gasteiger partial charge in [-0.2, -0.15) is 4.98 Å². The summed E-state index contributed by atoms with van der Waals surface area (Å²) in [6.45, 7) is 2.32. The van der Waals surface area contributed by atoms with E-state index in [1.807, 2.05) is 6.07 Å². The van der Waals surface area contributed by atoms with Gasteiger partial charge in [0.1, 0.15) is 18.5 Å². The Labute approximate surface area is 232 Å². The summed E-state index contributed by atoms with van der Waals surface area (Å²) in [6, 6.07) is 15.4. The average molecular weight is 600 g/mol. The van der Waals surface area contributed by atoms with E-state index >= 15 is 0 Å². The van der Waals surface area contributed by atoms with Crippen LogP contribution < -0.4 is 15.3 Å². The molecular formula is C27H26BrN3O8. The van der Waals surface area contributed by atoms with Gasteiger partial charge < -0.3 is 23.9 Å². The number of ether oxygens (including phenoxy) is 4. The molecule has 12 heteroatoms.